The SMILES string of the molecule is C=C(P(=O)(OCCCl)OCCCl)P(=O)(OCCCl)OCCCl. The van der Waals surface area contributed by atoms with Crippen molar-refractivity contribution in [2.24, 2.45) is 0 Å². The highest BCUT2D eigenvalue weighted by Crippen LogP contribution is 2.73. The van der Waals surface area contributed by atoms with Gasteiger partial charge in [0.2, 0.25) is 0 Å². The van der Waals surface area contributed by atoms with Crippen LogP contribution in [0.5, 0.6) is 0 Å². The van der Waals surface area contributed by atoms with Crippen molar-refractivity contribution in [3.63, 3.8) is 0 Å². The van der Waals surface area contributed by atoms with Crippen molar-refractivity contribution in [1.82, 2.24) is 0 Å². The molecule has 0 aromatic carbocycles. The van der Waals surface area contributed by atoms with Gasteiger partial charge in [-0.25, -0.2) is 0 Å². The quantitative estimate of drug-likeness (QED) is 0.285. The lowest BCUT2D eigenvalue weighted by molar-refractivity contribution is 0.216. The third-order valence-electron chi connectivity index (χ3n) is 1.99. The zero-order chi connectivity index (χ0) is 17.1. The first kappa shape index (κ1) is 23.2. The van der Waals surface area contributed by atoms with Crippen LogP contribution >= 0.6 is 61.6 Å². The van der Waals surface area contributed by atoms with Crippen molar-refractivity contribution in [2.75, 3.05) is 49.9 Å². The fraction of sp³-hybridized carbons (Fsp3) is 0.800. The lowest BCUT2D eigenvalue weighted by Gasteiger charge is -2.25. The van der Waals surface area contributed by atoms with Crippen molar-refractivity contribution in [2.45, 2.75) is 0 Å². The first-order valence-electron chi connectivity index (χ1n) is 6.12. The number of hydrogen-bond donors (Lipinski definition) is 0. The van der Waals surface area contributed by atoms with Gasteiger partial charge in [0.15, 0.2) is 0 Å². The molecule has 0 atom stereocenters. The first-order chi connectivity index (χ1) is 10.4. The monoisotopic (exact) mass is 436 g/mol. The van der Waals surface area contributed by atoms with Crippen LogP contribution in [0, 0.1) is 0 Å². The molecule has 0 N–H and O–H groups in total. The van der Waals surface area contributed by atoms with Gasteiger partial charge in [-0.15, -0.1) is 46.4 Å². The molecule has 0 aliphatic carbocycles. The van der Waals surface area contributed by atoms with Gasteiger partial charge in [0, 0.05) is 23.5 Å². The van der Waals surface area contributed by atoms with Crippen LogP contribution in [-0.2, 0) is 27.2 Å². The van der Waals surface area contributed by atoms with Gasteiger partial charge in [0.1, 0.15) is 5.06 Å². The molecule has 0 aromatic heterocycles. The summed E-state index contributed by atoms with van der Waals surface area (Å²) in [6, 6.07) is 0. The predicted octanol–water partition coefficient (Wildman–Crippen LogP) is 4.87. The molecule has 132 valence electrons. The Hall–Kier alpha value is 1.20. The van der Waals surface area contributed by atoms with Crippen LogP contribution in [-0.4, -0.2) is 49.9 Å². The maximum Gasteiger partial charge on any atom is 0.369 e. The number of halogens is 4. The summed E-state index contributed by atoms with van der Waals surface area (Å²) >= 11 is 22.0. The van der Waals surface area contributed by atoms with Crippen molar-refractivity contribution in [3.8, 4) is 0 Å². The molecule has 0 saturated carbocycles. The van der Waals surface area contributed by atoms with Crippen LogP contribution in [0.4, 0.5) is 0 Å². The van der Waals surface area contributed by atoms with E-state index in [2.05, 4.69) is 6.58 Å². The zero-order valence-corrected chi connectivity index (χ0v) is 16.5. The summed E-state index contributed by atoms with van der Waals surface area (Å²) in [6.45, 7) is 3.09. The molecule has 0 fully saturated rings. The molecule has 0 bridgehead atoms. The summed E-state index contributed by atoms with van der Waals surface area (Å²) in [4.78, 5) is 0. The van der Waals surface area contributed by atoms with E-state index in [1.165, 1.54) is 0 Å². The van der Waals surface area contributed by atoms with E-state index < -0.39 is 20.2 Å². The number of rotatable bonds is 14. The average molecular weight is 438 g/mol. The number of hydrogen-bond acceptors (Lipinski definition) is 6. The molecule has 0 aromatic rings. The van der Waals surface area contributed by atoms with Crippen LogP contribution in [0.25, 0.3) is 0 Å². The van der Waals surface area contributed by atoms with E-state index in [4.69, 9.17) is 64.5 Å². The average Bonchev–Trinajstić information content (AvgIpc) is 2.53. The lowest BCUT2D eigenvalue weighted by Crippen LogP contribution is -2.08. The maximum absolute atomic E-state index is 12.7. The highest BCUT2D eigenvalue weighted by Gasteiger charge is 2.44. The van der Waals surface area contributed by atoms with Gasteiger partial charge < -0.3 is 18.1 Å². The second-order valence-electron chi connectivity index (χ2n) is 3.50. The van der Waals surface area contributed by atoms with E-state index in [1.54, 1.807) is 0 Å². The Morgan fingerprint density at radius 2 is 0.909 bits per heavy atom. The second kappa shape index (κ2) is 12.5. The fourth-order valence-electron chi connectivity index (χ4n) is 1.14. The molecule has 0 amide bonds. The van der Waals surface area contributed by atoms with E-state index >= 15 is 0 Å². The fourth-order valence-corrected chi connectivity index (χ4v) is 5.84. The molecule has 22 heavy (non-hydrogen) atoms. The number of alkyl halides is 4. The van der Waals surface area contributed by atoms with E-state index in [0.717, 1.165) is 0 Å². The minimum absolute atomic E-state index is 0.0525. The standard InChI is InChI=1S/C10H18Cl4O6P2/c1-10(21(15,17-6-2-11)18-7-3-12)22(16,19-8-4-13)20-9-5-14/h1-9H2. The first-order valence-corrected chi connectivity index (χ1v) is 11.3. The van der Waals surface area contributed by atoms with Gasteiger partial charge >= 0.3 is 15.2 Å². The molecular formula is C10H18Cl4O6P2. The Kier molecular flexibility index (Phi) is 13.2. The van der Waals surface area contributed by atoms with E-state index in [0.29, 0.717) is 0 Å². The molecule has 6 nitrogen and oxygen atoms in total. The van der Waals surface area contributed by atoms with E-state index in [-0.39, 0.29) is 49.9 Å². The van der Waals surface area contributed by atoms with Crippen LogP contribution in [0.2, 0.25) is 0 Å². The minimum atomic E-state index is -4.01. The topological polar surface area (TPSA) is 71.1 Å². The normalized spacial score (nSPS) is 12.5. The molecule has 12 heteroatoms. The molecule has 0 aliphatic heterocycles. The highest BCUT2D eigenvalue weighted by atomic mass is 35.5. The van der Waals surface area contributed by atoms with Gasteiger partial charge in [-0.1, -0.05) is 6.58 Å². The Bertz CT molecular complexity index is 362. The highest BCUT2D eigenvalue weighted by molar-refractivity contribution is 7.78. The largest absolute Gasteiger partial charge is 0.369 e. The smallest absolute Gasteiger partial charge is 0.304 e. The summed E-state index contributed by atoms with van der Waals surface area (Å²) in [5.74, 6) is 0.210. The van der Waals surface area contributed by atoms with Crippen LogP contribution < -0.4 is 0 Å². The van der Waals surface area contributed by atoms with Crippen molar-refractivity contribution >= 4 is 61.6 Å². The van der Waals surface area contributed by atoms with Gasteiger partial charge in [-0.05, 0) is 0 Å². The van der Waals surface area contributed by atoms with Crippen molar-refractivity contribution in [1.29, 1.82) is 0 Å². The van der Waals surface area contributed by atoms with E-state index in [1.807, 2.05) is 0 Å². The summed E-state index contributed by atoms with van der Waals surface area (Å²) in [5.41, 5.74) is 0. The van der Waals surface area contributed by atoms with Gasteiger partial charge in [0.05, 0.1) is 26.4 Å². The van der Waals surface area contributed by atoms with Gasteiger partial charge in [-0.2, -0.15) is 0 Å². The Morgan fingerprint density at radius 1 is 0.682 bits per heavy atom. The van der Waals surface area contributed by atoms with Crippen molar-refractivity contribution in [3.05, 3.63) is 11.6 Å². The maximum atomic E-state index is 12.7. The Morgan fingerprint density at radius 3 is 1.09 bits per heavy atom. The molecule has 0 aliphatic rings. The molecule has 0 unspecified atom stereocenters. The molecule has 0 spiro atoms. The summed E-state index contributed by atoms with van der Waals surface area (Å²) in [6.07, 6.45) is 0. The van der Waals surface area contributed by atoms with E-state index in [9.17, 15) is 9.13 Å². The third kappa shape index (κ3) is 7.85. The summed E-state index contributed by atoms with van der Waals surface area (Å²) < 4.78 is 45.9. The molecule has 0 radical (unpaired) electrons. The predicted molar refractivity (Wildman–Crippen MR) is 91.0 cm³/mol. The third-order valence-corrected chi connectivity index (χ3v) is 7.43. The Labute approximate surface area is 150 Å². The van der Waals surface area contributed by atoms with Crippen molar-refractivity contribution < 1.29 is 27.2 Å². The second-order valence-corrected chi connectivity index (χ2v) is 9.47. The van der Waals surface area contributed by atoms with Crippen LogP contribution in [0.3, 0.4) is 0 Å². The molecule has 0 heterocycles. The van der Waals surface area contributed by atoms with Gasteiger partial charge in [0.25, 0.3) is 0 Å². The molecular weight excluding hydrogens is 420 g/mol. The summed E-state index contributed by atoms with van der Waals surface area (Å²) in [5, 5.41) is -0.439. The lowest BCUT2D eigenvalue weighted by atomic mass is 10.9. The zero-order valence-electron chi connectivity index (χ0n) is 11.7. The Balaban J connectivity index is 5.30. The van der Waals surface area contributed by atoms with Crippen LogP contribution in [0.15, 0.2) is 11.6 Å². The summed E-state index contributed by atoms with van der Waals surface area (Å²) in [7, 11) is -8.02. The van der Waals surface area contributed by atoms with Gasteiger partial charge in [-0.3, -0.25) is 9.13 Å². The molecule has 0 rings (SSSR count). The van der Waals surface area contributed by atoms with Crippen LogP contribution in [0.1, 0.15) is 0 Å². The molecule has 0 saturated heterocycles. The minimum Gasteiger partial charge on any atom is -0.304 e.